The van der Waals surface area contributed by atoms with Crippen LogP contribution in [0, 0.1) is 0 Å². The Balaban J connectivity index is 1.92. The molecule has 0 fully saturated rings. The number of nitrogens with zero attached hydrogens (tertiary/aromatic N) is 2. The third-order valence-electron chi connectivity index (χ3n) is 2.93. The van der Waals surface area contributed by atoms with E-state index in [9.17, 15) is 4.79 Å². The van der Waals surface area contributed by atoms with Crippen LogP contribution in [0.5, 0.6) is 0 Å². The number of aromatic amines is 1. The van der Waals surface area contributed by atoms with E-state index in [1.54, 1.807) is 23.9 Å². The van der Waals surface area contributed by atoms with Gasteiger partial charge in [0.2, 0.25) is 5.16 Å². The van der Waals surface area contributed by atoms with Crippen LogP contribution in [0.3, 0.4) is 0 Å². The van der Waals surface area contributed by atoms with Gasteiger partial charge < -0.3 is 4.74 Å². The second-order valence-corrected chi connectivity index (χ2v) is 6.54. The molecule has 0 unspecified atom stereocenters. The van der Waals surface area contributed by atoms with E-state index < -0.39 is 0 Å². The normalized spacial score (nSPS) is 11.2. The molecule has 1 aromatic carbocycles. The van der Waals surface area contributed by atoms with Gasteiger partial charge in [-0.15, -0.1) is 5.10 Å². The zero-order valence-corrected chi connectivity index (χ0v) is 14.1. The molecule has 2 rings (SSSR count). The van der Waals surface area contributed by atoms with Crippen molar-refractivity contribution in [2.75, 3.05) is 0 Å². The highest BCUT2D eigenvalue weighted by molar-refractivity contribution is 7.98. The van der Waals surface area contributed by atoms with E-state index >= 15 is 0 Å². The molecular formula is C16H21N3O2S. The van der Waals surface area contributed by atoms with Crippen LogP contribution < -0.4 is 0 Å². The van der Waals surface area contributed by atoms with Gasteiger partial charge in [-0.25, -0.2) is 9.78 Å². The van der Waals surface area contributed by atoms with Crippen LogP contribution >= 0.6 is 11.8 Å². The van der Waals surface area contributed by atoms with Gasteiger partial charge in [0, 0.05) is 11.7 Å². The first-order valence-corrected chi connectivity index (χ1v) is 8.29. The molecule has 1 N–H and O–H groups in total. The molecule has 1 heterocycles. The molecule has 0 aliphatic rings. The zero-order chi connectivity index (χ0) is 16.1. The third kappa shape index (κ3) is 4.59. The standard InChI is InChI=1S/C16H21N3O2S/c1-10(2)14-17-16(19-18-14)22-9-12-5-7-13(8-6-12)15(20)21-11(3)4/h5-8,10-11H,9H2,1-4H3,(H,17,18,19). The second-order valence-electron chi connectivity index (χ2n) is 5.60. The van der Waals surface area contributed by atoms with Crippen LogP contribution in [-0.4, -0.2) is 27.3 Å². The first-order valence-electron chi connectivity index (χ1n) is 7.30. The molecule has 5 nitrogen and oxygen atoms in total. The number of carbonyl (C=O) groups is 1. The summed E-state index contributed by atoms with van der Waals surface area (Å²) in [7, 11) is 0. The Morgan fingerprint density at radius 2 is 1.91 bits per heavy atom. The SMILES string of the molecule is CC(C)OC(=O)c1ccc(CSc2n[nH]c(C(C)C)n2)cc1. The van der Waals surface area contributed by atoms with Crippen molar-refractivity contribution in [1.82, 2.24) is 15.2 Å². The molecule has 118 valence electrons. The van der Waals surface area contributed by atoms with Gasteiger partial charge in [-0.2, -0.15) is 0 Å². The number of nitrogens with one attached hydrogen (secondary N) is 1. The average molecular weight is 319 g/mol. The third-order valence-corrected chi connectivity index (χ3v) is 3.85. The lowest BCUT2D eigenvalue weighted by molar-refractivity contribution is 0.0378. The summed E-state index contributed by atoms with van der Waals surface area (Å²) in [5.41, 5.74) is 1.68. The Hall–Kier alpha value is -1.82. The maximum atomic E-state index is 11.8. The van der Waals surface area contributed by atoms with Crippen molar-refractivity contribution < 1.29 is 9.53 Å². The van der Waals surface area contributed by atoms with Crippen LogP contribution in [-0.2, 0) is 10.5 Å². The zero-order valence-electron chi connectivity index (χ0n) is 13.3. The molecule has 0 saturated carbocycles. The summed E-state index contributed by atoms with van der Waals surface area (Å²) < 4.78 is 5.16. The summed E-state index contributed by atoms with van der Waals surface area (Å²) >= 11 is 1.57. The highest BCUT2D eigenvalue weighted by Crippen LogP contribution is 2.21. The van der Waals surface area contributed by atoms with Gasteiger partial charge in [0.05, 0.1) is 11.7 Å². The predicted octanol–water partition coefficient (Wildman–Crippen LogP) is 3.79. The van der Waals surface area contributed by atoms with E-state index in [2.05, 4.69) is 29.0 Å². The van der Waals surface area contributed by atoms with Crippen molar-refractivity contribution >= 4 is 17.7 Å². The van der Waals surface area contributed by atoms with Gasteiger partial charge >= 0.3 is 5.97 Å². The molecule has 0 radical (unpaired) electrons. The molecule has 0 aliphatic carbocycles. The minimum Gasteiger partial charge on any atom is -0.459 e. The number of hydrogen-bond acceptors (Lipinski definition) is 5. The fraction of sp³-hybridized carbons (Fsp3) is 0.438. The largest absolute Gasteiger partial charge is 0.459 e. The first kappa shape index (κ1) is 16.5. The maximum absolute atomic E-state index is 11.8. The van der Waals surface area contributed by atoms with Crippen molar-refractivity contribution in [3.63, 3.8) is 0 Å². The predicted molar refractivity (Wildman–Crippen MR) is 87.0 cm³/mol. The van der Waals surface area contributed by atoms with Crippen LogP contribution in [0.15, 0.2) is 29.4 Å². The van der Waals surface area contributed by atoms with Gasteiger partial charge in [0.1, 0.15) is 5.82 Å². The smallest absolute Gasteiger partial charge is 0.338 e. The van der Waals surface area contributed by atoms with Crippen molar-refractivity contribution in [1.29, 1.82) is 0 Å². The molecule has 0 aliphatic heterocycles. The number of rotatable bonds is 6. The van der Waals surface area contributed by atoms with E-state index in [0.29, 0.717) is 11.5 Å². The molecule has 0 saturated heterocycles. The topological polar surface area (TPSA) is 67.9 Å². The molecule has 22 heavy (non-hydrogen) atoms. The van der Waals surface area contributed by atoms with E-state index in [1.165, 1.54) is 0 Å². The molecule has 6 heteroatoms. The van der Waals surface area contributed by atoms with E-state index in [-0.39, 0.29) is 12.1 Å². The Morgan fingerprint density at radius 3 is 2.45 bits per heavy atom. The summed E-state index contributed by atoms with van der Waals surface area (Å²) in [6.07, 6.45) is -0.108. The van der Waals surface area contributed by atoms with Gasteiger partial charge in [0.25, 0.3) is 0 Å². The average Bonchev–Trinajstić information content (AvgIpc) is 2.94. The van der Waals surface area contributed by atoms with Crippen LogP contribution in [0.1, 0.15) is 55.4 Å². The fourth-order valence-corrected chi connectivity index (χ4v) is 2.51. The molecule has 1 aromatic heterocycles. The number of H-pyrrole nitrogens is 1. The van der Waals surface area contributed by atoms with Crippen molar-refractivity contribution in [3.05, 3.63) is 41.2 Å². The van der Waals surface area contributed by atoms with Gasteiger partial charge in [-0.3, -0.25) is 5.10 Å². The minimum absolute atomic E-state index is 0.108. The molecule has 0 spiro atoms. The number of thioether (sulfide) groups is 1. The molecule has 0 atom stereocenters. The summed E-state index contributed by atoms with van der Waals surface area (Å²) in [6.45, 7) is 7.82. The van der Waals surface area contributed by atoms with Gasteiger partial charge in [-0.1, -0.05) is 37.7 Å². The number of aromatic nitrogens is 3. The van der Waals surface area contributed by atoms with Crippen molar-refractivity contribution in [2.45, 2.75) is 50.6 Å². The number of carbonyl (C=O) groups excluding carboxylic acids is 1. The van der Waals surface area contributed by atoms with E-state index in [4.69, 9.17) is 4.74 Å². The van der Waals surface area contributed by atoms with Crippen LogP contribution in [0.25, 0.3) is 0 Å². The summed E-state index contributed by atoms with van der Waals surface area (Å²) in [5, 5.41) is 7.87. The quantitative estimate of drug-likeness (QED) is 0.648. The number of benzene rings is 1. The maximum Gasteiger partial charge on any atom is 0.338 e. The fourth-order valence-electron chi connectivity index (χ4n) is 1.75. The second kappa shape index (κ2) is 7.45. The monoisotopic (exact) mass is 319 g/mol. The van der Waals surface area contributed by atoms with E-state index in [1.807, 2.05) is 26.0 Å². The summed E-state index contributed by atoms with van der Waals surface area (Å²) in [6, 6.07) is 7.44. The molecule has 0 bridgehead atoms. The lowest BCUT2D eigenvalue weighted by Crippen LogP contribution is -2.11. The van der Waals surface area contributed by atoms with Crippen LogP contribution in [0.2, 0.25) is 0 Å². The van der Waals surface area contributed by atoms with Crippen molar-refractivity contribution in [2.24, 2.45) is 0 Å². The molecular weight excluding hydrogens is 298 g/mol. The van der Waals surface area contributed by atoms with Crippen molar-refractivity contribution in [3.8, 4) is 0 Å². The Kier molecular flexibility index (Phi) is 5.60. The number of esters is 1. The first-order chi connectivity index (χ1) is 10.5. The van der Waals surface area contributed by atoms with Crippen LogP contribution in [0.4, 0.5) is 0 Å². The van der Waals surface area contributed by atoms with Gasteiger partial charge in [-0.05, 0) is 31.5 Å². The Morgan fingerprint density at radius 1 is 1.23 bits per heavy atom. The molecule has 0 amide bonds. The highest BCUT2D eigenvalue weighted by atomic mass is 32.2. The molecule has 2 aromatic rings. The van der Waals surface area contributed by atoms with E-state index in [0.717, 1.165) is 22.3 Å². The lowest BCUT2D eigenvalue weighted by Gasteiger charge is -2.08. The summed E-state index contributed by atoms with van der Waals surface area (Å²) in [4.78, 5) is 16.2. The number of ether oxygens (including phenoxy) is 1. The Labute approximate surface area is 134 Å². The van der Waals surface area contributed by atoms with Gasteiger partial charge in [0.15, 0.2) is 0 Å². The lowest BCUT2D eigenvalue weighted by atomic mass is 10.1. The minimum atomic E-state index is -0.287. The summed E-state index contributed by atoms with van der Waals surface area (Å²) in [5.74, 6) is 1.71. The highest BCUT2D eigenvalue weighted by Gasteiger charge is 2.10. The number of hydrogen-bond donors (Lipinski definition) is 1. The Bertz CT molecular complexity index is 621.